The Hall–Kier alpha value is -2.52. The normalized spacial score (nSPS) is 12.2. The van der Waals surface area contributed by atoms with Gasteiger partial charge in [-0.1, -0.05) is 83.6 Å². The summed E-state index contributed by atoms with van der Waals surface area (Å²) in [6, 6.07) is 7.00. The number of carboxylic acids is 1. The van der Waals surface area contributed by atoms with Gasteiger partial charge >= 0.3 is 5.97 Å². The summed E-state index contributed by atoms with van der Waals surface area (Å²) in [6.07, 6.45) is 16.9. The van der Waals surface area contributed by atoms with Crippen LogP contribution in [-0.4, -0.2) is 54.0 Å². The van der Waals surface area contributed by atoms with Crippen molar-refractivity contribution in [3.63, 3.8) is 0 Å². The molecule has 9 heteroatoms. The van der Waals surface area contributed by atoms with Gasteiger partial charge in [0.1, 0.15) is 11.8 Å². The van der Waals surface area contributed by atoms with Gasteiger partial charge in [-0.15, -0.1) is 0 Å². The first kappa shape index (κ1) is 35.5. The van der Waals surface area contributed by atoms with E-state index in [1.165, 1.54) is 70.6 Å². The number of nitrogens with zero attached hydrogens (tertiary/aromatic N) is 1. The Kier molecular flexibility index (Phi) is 23.2. The van der Waals surface area contributed by atoms with Gasteiger partial charge in [0, 0.05) is 24.8 Å². The lowest BCUT2D eigenvalue weighted by Crippen LogP contribution is -2.40. The summed E-state index contributed by atoms with van der Waals surface area (Å²) in [5.41, 5.74) is 16.8. The number of anilines is 1. The third kappa shape index (κ3) is 23.9. The molecule has 1 rings (SSSR count). The number of benzene rings is 1. The molecule has 0 aliphatic rings. The van der Waals surface area contributed by atoms with E-state index in [0.29, 0.717) is 19.4 Å². The van der Waals surface area contributed by atoms with Crippen LogP contribution >= 0.6 is 0 Å². The molecular formula is C29H55N5O4. The highest BCUT2D eigenvalue weighted by molar-refractivity contribution is 5.75. The monoisotopic (exact) mass is 537 g/mol. The third-order valence-corrected chi connectivity index (χ3v) is 6.03. The smallest absolute Gasteiger partial charge is 0.320 e. The molecule has 9 nitrogen and oxygen atoms in total. The summed E-state index contributed by atoms with van der Waals surface area (Å²) in [4.78, 5) is 14.6. The Morgan fingerprint density at radius 2 is 1.55 bits per heavy atom. The topological polar surface area (TPSA) is 169 Å². The van der Waals surface area contributed by atoms with E-state index in [1.54, 1.807) is 6.92 Å². The molecule has 1 aromatic carbocycles. The highest BCUT2D eigenvalue weighted by Crippen LogP contribution is 2.15. The van der Waals surface area contributed by atoms with Crippen LogP contribution in [0.5, 0.6) is 5.75 Å². The number of aliphatic imine (C=N–C) groups is 1. The van der Waals surface area contributed by atoms with Crippen molar-refractivity contribution in [2.45, 2.75) is 116 Å². The number of carboxylic acid groups (broad SMARTS) is 1. The van der Waals surface area contributed by atoms with Gasteiger partial charge in [-0.2, -0.15) is 0 Å². The Labute approximate surface area is 230 Å². The number of nitrogen functional groups attached to an aromatic ring is 1. The lowest BCUT2D eigenvalue weighted by atomic mass is 10.1. The molecule has 0 aromatic heterocycles. The predicted octanol–water partition coefficient (Wildman–Crippen LogP) is 4.81. The van der Waals surface area contributed by atoms with Gasteiger partial charge in [-0.3, -0.25) is 9.79 Å². The maximum absolute atomic E-state index is 10.8. The van der Waals surface area contributed by atoms with Gasteiger partial charge in [0.25, 0.3) is 0 Å². The number of guanidine groups is 1. The Morgan fingerprint density at radius 1 is 0.974 bits per heavy atom. The largest absolute Gasteiger partial charge is 0.494 e. The molecule has 2 unspecified atom stereocenters. The Balaban J connectivity index is 0.000000761. The van der Waals surface area contributed by atoms with Crippen molar-refractivity contribution >= 4 is 17.6 Å². The van der Waals surface area contributed by atoms with Crippen LogP contribution in [0.3, 0.4) is 0 Å². The third-order valence-electron chi connectivity index (χ3n) is 6.03. The zero-order chi connectivity index (χ0) is 28.4. The molecule has 0 fully saturated rings. The number of ether oxygens (including phenoxy) is 1. The van der Waals surface area contributed by atoms with Crippen LogP contribution in [0.2, 0.25) is 0 Å². The molecular weight excluding hydrogens is 482 g/mol. The lowest BCUT2D eigenvalue weighted by Gasteiger charge is -2.14. The number of nitrogens with two attached hydrogens (primary N) is 3. The van der Waals surface area contributed by atoms with Gasteiger partial charge in [0.2, 0.25) is 0 Å². The van der Waals surface area contributed by atoms with Crippen molar-refractivity contribution in [1.29, 1.82) is 0 Å². The Bertz CT molecular complexity index is 727. The maximum Gasteiger partial charge on any atom is 0.320 e. The number of hydrogen-bond donors (Lipinski definition) is 6. The summed E-state index contributed by atoms with van der Waals surface area (Å²) in [5, 5.41) is 20.6. The van der Waals surface area contributed by atoms with Gasteiger partial charge in [0.05, 0.1) is 12.7 Å². The van der Waals surface area contributed by atoms with Crippen molar-refractivity contribution in [3.05, 3.63) is 24.3 Å². The summed E-state index contributed by atoms with van der Waals surface area (Å²) in [6.45, 7) is 5.33. The highest BCUT2D eigenvalue weighted by Gasteiger charge is 2.16. The number of aliphatic hydroxyl groups is 1. The first-order valence-electron chi connectivity index (χ1n) is 14.4. The van der Waals surface area contributed by atoms with E-state index in [2.05, 4.69) is 17.2 Å². The van der Waals surface area contributed by atoms with Gasteiger partial charge < -0.3 is 37.5 Å². The number of nitrogens with one attached hydrogen (secondary N) is 1. The average Bonchev–Trinajstić information content (AvgIpc) is 2.86. The second-order valence-electron chi connectivity index (χ2n) is 9.91. The fraction of sp³-hybridized carbons (Fsp3) is 0.724. The molecule has 0 saturated heterocycles. The summed E-state index contributed by atoms with van der Waals surface area (Å²) < 4.78 is 5.70. The fourth-order valence-electron chi connectivity index (χ4n) is 3.87. The molecule has 9 N–H and O–H groups in total. The minimum absolute atomic E-state index is 0.00353. The van der Waals surface area contributed by atoms with Crippen molar-refractivity contribution < 1.29 is 19.7 Å². The van der Waals surface area contributed by atoms with Crippen LogP contribution in [0.1, 0.15) is 104 Å². The number of carbonyl (C=O) groups is 1. The number of hydrogen-bond acceptors (Lipinski definition) is 6. The summed E-state index contributed by atoms with van der Waals surface area (Å²) >= 11 is 0. The van der Waals surface area contributed by atoms with Crippen LogP contribution in [0.25, 0.3) is 0 Å². The minimum Gasteiger partial charge on any atom is -0.494 e. The fourth-order valence-corrected chi connectivity index (χ4v) is 3.87. The quantitative estimate of drug-likeness (QED) is 0.0529. The molecule has 0 bridgehead atoms. The number of aliphatic carboxylic acids is 1. The number of rotatable bonds is 22. The Morgan fingerprint density at radius 3 is 2.05 bits per heavy atom. The molecule has 0 aliphatic carbocycles. The molecule has 2 atom stereocenters. The number of aliphatic hydroxyl groups excluding tert-OH is 1. The van der Waals surface area contributed by atoms with Crippen molar-refractivity contribution in [1.82, 2.24) is 5.32 Å². The molecule has 0 saturated carbocycles. The minimum atomic E-state index is -0.939. The SMILES string of the molecule is CC(O)CNC(CCCN=C(N)N)C(=O)O.CCCCCCCCCCCCCCOc1cccc(N)c1. The second-order valence-corrected chi connectivity index (χ2v) is 9.91. The zero-order valence-corrected chi connectivity index (χ0v) is 23.9. The van der Waals surface area contributed by atoms with Crippen LogP contribution in [0, 0.1) is 0 Å². The average molecular weight is 538 g/mol. The molecule has 1 aromatic rings. The number of unbranched alkanes of at least 4 members (excludes halogenated alkanes) is 11. The van der Waals surface area contributed by atoms with Crippen LogP contribution in [-0.2, 0) is 4.79 Å². The van der Waals surface area contributed by atoms with E-state index >= 15 is 0 Å². The molecule has 0 radical (unpaired) electrons. The van der Waals surface area contributed by atoms with Crippen LogP contribution in [0.4, 0.5) is 5.69 Å². The molecule has 38 heavy (non-hydrogen) atoms. The van der Waals surface area contributed by atoms with Crippen molar-refractivity contribution in [3.8, 4) is 5.75 Å². The van der Waals surface area contributed by atoms with E-state index in [9.17, 15) is 4.79 Å². The summed E-state index contributed by atoms with van der Waals surface area (Å²) in [7, 11) is 0. The van der Waals surface area contributed by atoms with Crippen LogP contribution in [0.15, 0.2) is 29.3 Å². The van der Waals surface area contributed by atoms with Crippen molar-refractivity contribution in [2.75, 3.05) is 25.4 Å². The van der Waals surface area contributed by atoms with Gasteiger partial charge in [0.15, 0.2) is 5.96 Å². The van der Waals surface area contributed by atoms with E-state index in [4.69, 9.17) is 32.2 Å². The van der Waals surface area contributed by atoms with Gasteiger partial charge in [-0.05, 0) is 38.3 Å². The molecule has 0 heterocycles. The van der Waals surface area contributed by atoms with Gasteiger partial charge in [-0.25, -0.2) is 0 Å². The van der Waals surface area contributed by atoms with E-state index in [0.717, 1.165) is 24.5 Å². The molecule has 220 valence electrons. The molecule has 0 spiro atoms. The first-order chi connectivity index (χ1) is 18.3. The van der Waals surface area contributed by atoms with Crippen LogP contribution < -0.4 is 27.3 Å². The molecule has 0 amide bonds. The molecule has 0 aliphatic heterocycles. The van der Waals surface area contributed by atoms with E-state index in [-0.39, 0.29) is 12.5 Å². The zero-order valence-electron chi connectivity index (χ0n) is 23.9. The maximum atomic E-state index is 10.8. The van der Waals surface area contributed by atoms with E-state index in [1.807, 2.05) is 24.3 Å². The van der Waals surface area contributed by atoms with E-state index < -0.39 is 18.1 Å². The second kappa shape index (κ2) is 24.8. The highest BCUT2D eigenvalue weighted by atomic mass is 16.5. The lowest BCUT2D eigenvalue weighted by molar-refractivity contribution is -0.139. The first-order valence-corrected chi connectivity index (χ1v) is 14.4. The summed E-state index contributed by atoms with van der Waals surface area (Å²) in [5.74, 6) is -0.0442. The standard InChI is InChI=1S/C20H35NO.C9H20N4O3/c1-2-3-4-5-6-7-8-9-10-11-12-13-17-22-20-16-14-15-19(21)18-20;1-6(14)5-13-7(8(15)16)3-2-4-12-9(10)11/h14-16,18H,2-13,17,21H2,1H3;6-7,13-14H,2-5H2,1H3,(H,15,16)(H4,10,11,12). The van der Waals surface area contributed by atoms with Crippen molar-refractivity contribution in [2.24, 2.45) is 16.5 Å². The predicted molar refractivity (Wildman–Crippen MR) is 158 cm³/mol.